The predicted molar refractivity (Wildman–Crippen MR) is 87.1 cm³/mol. The van der Waals surface area contributed by atoms with Crippen molar-refractivity contribution in [1.82, 2.24) is 10.3 Å². The Kier molecular flexibility index (Phi) is 4.09. The van der Waals surface area contributed by atoms with Crippen molar-refractivity contribution in [3.8, 4) is 10.4 Å². The van der Waals surface area contributed by atoms with Crippen LogP contribution in [0.1, 0.15) is 18.2 Å². The summed E-state index contributed by atoms with van der Waals surface area (Å²) in [5.74, 6) is 0. The largest absolute Gasteiger partial charge is 0.312 e. The van der Waals surface area contributed by atoms with Crippen molar-refractivity contribution in [3.63, 3.8) is 0 Å². The molecule has 0 aliphatic heterocycles. The molecule has 1 N–H and O–H groups in total. The van der Waals surface area contributed by atoms with Crippen LogP contribution >= 0.6 is 11.3 Å². The third-order valence-corrected chi connectivity index (χ3v) is 4.46. The highest BCUT2D eigenvalue weighted by Gasteiger charge is 2.06. The Labute approximate surface area is 123 Å². The number of hydrogen-bond donors (Lipinski definition) is 1. The van der Waals surface area contributed by atoms with Crippen LogP contribution in [-0.4, -0.2) is 11.5 Å². The molecular formula is C17H18N2S. The van der Waals surface area contributed by atoms with Crippen LogP contribution < -0.4 is 5.32 Å². The molecule has 102 valence electrons. The molecule has 0 bridgehead atoms. The second-order valence-electron chi connectivity index (χ2n) is 4.85. The van der Waals surface area contributed by atoms with E-state index in [0.717, 1.165) is 13.1 Å². The third-order valence-electron chi connectivity index (χ3n) is 3.34. The summed E-state index contributed by atoms with van der Waals surface area (Å²) in [4.78, 5) is 6.96. The molecule has 0 amide bonds. The molecule has 0 aliphatic rings. The van der Waals surface area contributed by atoms with E-state index >= 15 is 0 Å². The van der Waals surface area contributed by atoms with E-state index < -0.39 is 0 Å². The van der Waals surface area contributed by atoms with Gasteiger partial charge in [0, 0.05) is 39.6 Å². The van der Waals surface area contributed by atoms with Crippen molar-refractivity contribution in [2.75, 3.05) is 6.54 Å². The molecule has 2 nitrogen and oxygen atoms in total. The zero-order valence-corrected chi connectivity index (χ0v) is 12.4. The van der Waals surface area contributed by atoms with E-state index in [-0.39, 0.29) is 0 Å². The summed E-state index contributed by atoms with van der Waals surface area (Å²) < 4.78 is 0. The highest BCUT2D eigenvalue weighted by molar-refractivity contribution is 7.15. The molecular weight excluding hydrogens is 264 g/mol. The van der Waals surface area contributed by atoms with Crippen molar-refractivity contribution < 1.29 is 0 Å². The number of fused-ring (bicyclic) bond motifs is 1. The minimum atomic E-state index is 0.960. The molecule has 0 saturated heterocycles. The van der Waals surface area contributed by atoms with Gasteiger partial charge >= 0.3 is 0 Å². The maximum atomic E-state index is 4.26. The number of benzene rings is 1. The zero-order chi connectivity index (χ0) is 13.8. The van der Waals surface area contributed by atoms with E-state index in [1.807, 2.05) is 23.7 Å². The molecule has 0 fully saturated rings. The number of nitrogens with one attached hydrogen (secondary N) is 1. The first-order valence-electron chi connectivity index (χ1n) is 7.01. The lowest BCUT2D eigenvalue weighted by molar-refractivity contribution is 0.681. The lowest BCUT2D eigenvalue weighted by Gasteiger charge is -2.03. The highest BCUT2D eigenvalue weighted by Crippen LogP contribution is 2.33. The third kappa shape index (κ3) is 2.74. The van der Waals surface area contributed by atoms with Gasteiger partial charge in [0.05, 0.1) is 0 Å². The lowest BCUT2D eigenvalue weighted by Crippen LogP contribution is -2.12. The number of aromatic nitrogens is 1. The van der Waals surface area contributed by atoms with Crippen molar-refractivity contribution in [2.45, 2.75) is 19.9 Å². The average Bonchev–Trinajstić information content (AvgIpc) is 2.96. The molecule has 3 heteroatoms. The monoisotopic (exact) mass is 282 g/mol. The topological polar surface area (TPSA) is 24.9 Å². The fourth-order valence-corrected chi connectivity index (χ4v) is 3.35. The van der Waals surface area contributed by atoms with Gasteiger partial charge in [-0.3, -0.25) is 4.98 Å². The van der Waals surface area contributed by atoms with E-state index in [4.69, 9.17) is 0 Å². The molecule has 0 aliphatic carbocycles. The van der Waals surface area contributed by atoms with Crippen LogP contribution in [-0.2, 0) is 6.54 Å². The summed E-state index contributed by atoms with van der Waals surface area (Å²) in [7, 11) is 0. The van der Waals surface area contributed by atoms with Gasteiger partial charge in [0.1, 0.15) is 0 Å². The summed E-state index contributed by atoms with van der Waals surface area (Å²) >= 11 is 1.86. The summed E-state index contributed by atoms with van der Waals surface area (Å²) in [6, 6.07) is 12.9. The summed E-state index contributed by atoms with van der Waals surface area (Å²) in [5, 5.41) is 5.92. The standard InChI is InChI=1S/C17H18N2S/c1-2-9-18-11-14-6-7-17(20-14)15-5-3-4-13-8-10-19-12-16(13)15/h3-8,10,12,18H,2,9,11H2,1H3. The summed E-state index contributed by atoms with van der Waals surface area (Å²) in [5.41, 5.74) is 1.28. The van der Waals surface area contributed by atoms with Gasteiger partial charge in [-0.2, -0.15) is 0 Å². The molecule has 0 radical (unpaired) electrons. The highest BCUT2D eigenvalue weighted by atomic mass is 32.1. The van der Waals surface area contributed by atoms with E-state index in [0.29, 0.717) is 0 Å². The maximum absolute atomic E-state index is 4.26. The van der Waals surface area contributed by atoms with Crippen molar-refractivity contribution in [3.05, 3.63) is 53.7 Å². The van der Waals surface area contributed by atoms with Gasteiger partial charge in [-0.1, -0.05) is 25.1 Å². The SMILES string of the molecule is CCCNCc1ccc(-c2cccc3ccncc23)s1. The maximum Gasteiger partial charge on any atom is 0.0352 e. The van der Waals surface area contributed by atoms with Gasteiger partial charge in [0.25, 0.3) is 0 Å². The van der Waals surface area contributed by atoms with Gasteiger partial charge in [-0.15, -0.1) is 11.3 Å². The molecule has 3 aromatic rings. The van der Waals surface area contributed by atoms with Crippen molar-refractivity contribution in [2.24, 2.45) is 0 Å². The second kappa shape index (κ2) is 6.16. The minimum absolute atomic E-state index is 0.960. The summed E-state index contributed by atoms with van der Waals surface area (Å²) in [6.45, 7) is 4.23. The quantitative estimate of drug-likeness (QED) is 0.699. The van der Waals surface area contributed by atoms with Gasteiger partial charge in [0.15, 0.2) is 0 Å². The van der Waals surface area contributed by atoms with Crippen LogP contribution in [0.4, 0.5) is 0 Å². The first-order valence-corrected chi connectivity index (χ1v) is 7.82. The number of rotatable bonds is 5. The van der Waals surface area contributed by atoms with Gasteiger partial charge in [-0.05, 0) is 36.6 Å². The lowest BCUT2D eigenvalue weighted by atomic mass is 10.1. The molecule has 0 atom stereocenters. The molecule has 1 aromatic carbocycles. The van der Waals surface area contributed by atoms with Gasteiger partial charge < -0.3 is 5.32 Å². The van der Waals surface area contributed by atoms with Gasteiger partial charge in [-0.25, -0.2) is 0 Å². The van der Waals surface area contributed by atoms with Crippen LogP contribution in [0.3, 0.4) is 0 Å². The van der Waals surface area contributed by atoms with Crippen molar-refractivity contribution >= 4 is 22.1 Å². The van der Waals surface area contributed by atoms with Gasteiger partial charge in [0.2, 0.25) is 0 Å². The van der Waals surface area contributed by atoms with E-state index in [9.17, 15) is 0 Å². The van der Waals surface area contributed by atoms with Crippen LogP contribution in [0.15, 0.2) is 48.8 Å². The van der Waals surface area contributed by atoms with Crippen LogP contribution in [0.5, 0.6) is 0 Å². The first-order chi connectivity index (χ1) is 9.88. The average molecular weight is 282 g/mol. The Bertz CT molecular complexity index is 698. The first kappa shape index (κ1) is 13.3. The molecule has 0 unspecified atom stereocenters. The normalized spacial score (nSPS) is 11.1. The smallest absolute Gasteiger partial charge is 0.0352 e. The zero-order valence-electron chi connectivity index (χ0n) is 11.6. The van der Waals surface area contributed by atoms with Crippen LogP contribution in [0.2, 0.25) is 0 Å². The minimum Gasteiger partial charge on any atom is -0.312 e. The number of nitrogens with zero attached hydrogens (tertiary/aromatic N) is 1. The Morgan fingerprint density at radius 3 is 3.00 bits per heavy atom. The van der Waals surface area contributed by atoms with Crippen LogP contribution in [0, 0.1) is 0 Å². The Hall–Kier alpha value is -1.71. The number of hydrogen-bond acceptors (Lipinski definition) is 3. The molecule has 3 rings (SSSR count). The number of pyridine rings is 1. The fourth-order valence-electron chi connectivity index (χ4n) is 2.33. The molecule has 2 aromatic heterocycles. The second-order valence-corrected chi connectivity index (χ2v) is 6.01. The fraction of sp³-hybridized carbons (Fsp3) is 0.235. The predicted octanol–water partition coefficient (Wildman–Crippen LogP) is 4.46. The van der Waals surface area contributed by atoms with Crippen molar-refractivity contribution in [1.29, 1.82) is 0 Å². The Morgan fingerprint density at radius 2 is 2.10 bits per heavy atom. The van der Waals surface area contributed by atoms with E-state index in [1.54, 1.807) is 0 Å². The summed E-state index contributed by atoms with van der Waals surface area (Å²) in [6.07, 6.45) is 4.98. The Morgan fingerprint density at radius 1 is 1.15 bits per heavy atom. The molecule has 0 saturated carbocycles. The Balaban J connectivity index is 1.91. The van der Waals surface area contributed by atoms with E-state index in [2.05, 4.69) is 53.6 Å². The molecule has 20 heavy (non-hydrogen) atoms. The molecule has 0 spiro atoms. The van der Waals surface area contributed by atoms with E-state index in [1.165, 1.54) is 32.5 Å². The van der Waals surface area contributed by atoms with Crippen LogP contribution in [0.25, 0.3) is 21.2 Å². The molecule has 2 heterocycles. The number of thiophene rings is 1.